The number of likely N-dealkylation sites (tertiary alicyclic amines) is 1. The topological polar surface area (TPSA) is 58.6 Å². The smallest absolute Gasteiger partial charge is 0.226 e. The number of ether oxygens (including phenoxy) is 1. The molecule has 136 valence electrons. The first-order valence-corrected chi connectivity index (χ1v) is 9.03. The standard InChI is InChI=1S/C19H25FN2O3/c20-16-5-3-14(4-6-16)12-18(23)22-9-7-15(8-10-22)19(24)21-13-17-2-1-11-25-17/h3-6,15,17H,1-2,7-13H2,(H,21,24). The first kappa shape index (κ1) is 17.9. The van der Waals surface area contributed by atoms with E-state index in [2.05, 4.69) is 5.32 Å². The monoisotopic (exact) mass is 348 g/mol. The highest BCUT2D eigenvalue weighted by Crippen LogP contribution is 2.19. The van der Waals surface area contributed by atoms with Crippen molar-refractivity contribution in [3.05, 3.63) is 35.6 Å². The Kier molecular flexibility index (Phi) is 6.02. The fourth-order valence-electron chi connectivity index (χ4n) is 3.44. The summed E-state index contributed by atoms with van der Waals surface area (Å²) in [4.78, 5) is 26.4. The van der Waals surface area contributed by atoms with Crippen LogP contribution in [0.4, 0.5) is 4.39 Å². The highest BCUT2D eigenvalue weighted by atomic mass is 19.1. The Morgan fingerprint density at radius 1 is 1.16 bits per heavy atom. The molecule has 5 nitrogen and oxygen atoms in total. The van der Waals surface area contributed by atoms with Gasteiger partial charge in [-0.25, -0.2) is 4.39 Å². The van der Waals surface area contributed by atoms with Gasteiger partial charge in [0.25, 0.3) is 0 Å². The Hall–Kier alpha value is -1.95. The van der Waals surface area contributed by atoms with Crippen molar-refractivity contribution in [2.75, 3.05) is 26.2 Å². The Labute approximate surface area is 147 Å². The average Bonchev–Trinajstić information content (AvgIpc) is 3.15. The summed E-state index contributed by atoms with van der Waals surface area (Å²) in [7, 11) is 0. The van der Waals surface area contributed by atoms with Gasteiger partial charge < -0.3 is 15.0 Å². The number of piperidine rings is 1. The molecule has 3 rings (SSSR count). The molecule has 0 saturated carbocycles. The normalized spacial score (nSPS) is 21.3. The fraction of sp³-hybridized carbons (Fsp3) is 0.579. The van der Waals surface area contributed by atoms with E-state index in [-0.39, 0.29) is 36.1 Å². The van der Waals surface area contributed by atoms with E-state index in [1.807, 2.05) is 0 Å². The molecule has 1 unspecified atom stereocenters. The molecule has 0 radical (unpaired) electrons. The third kappa shape index (κ3) is 5.01. The lowest BCUT2D eigenvalue weighted by molar-refractivity contribution is -0.135. The number of halogens is 1. The SMILES string of the molecule is O=C(NCC1CCCO1)C1CCN(C(=O)Cc2ccc(F)cc2)CC1. The number of benzene rings is 1. The minimum absolute atomic E-state index is 0.0312. The Morgan fingerprint density at radius 2 is 1.88 bits per heavy atom. The van der Waals surface area contributed by atoms with Gasteiger partial charge in [0.05, 0.1) is 12.5 Å². The van der Waals surface area contributed by atoms with E-state index < -0.39 is 0 Å². The molecule has 2 fully saturated rings. The van der Waals surface area contributed by atoms with Crippen LogP contribution in [0.25, 0.3) is 0 Å². The number of carbonyl (C=O) groups is 2. The maximum atomic E-state index is 12.9. The van der Waals surface area contributed by atoms with Gasteiger partial charge in [-0.1, -0.05) is 12.1 Å². The number of carbonyl (C=O) groups excluding carboxylic acids is 2. The van der Waals surface area contributed by atoms with Crippen LogP contribution >= 0.6 is 0 Å². The molecule has 25 heavy (non-hydrogen) atoms. The van der Waals surface area contributed by atoms with Crippen molar-refractivity contribution in [2.45, 2.75) is 38.2 Å². The Morgan fingerprint density at radius 3 is 2.52 bits per heavy atom. The van der Waals surface area contributed by atoms with Gasteiger partial charge in [0.2, 0.25) is 11.8 Å². The molecule has 2 aliphatic rings. The second-order valence-corrected chi connectivity index (χ2v) is 6.84. The van der Waals surface area contributed by atoms with Crippen LogP contribution in [0.2, 0.25) is 0 Å². The number of hydrogen-bond donors (Lipinski definition) is 1. The van der Waals surface area contributed by atoms with E-state index in [0.29, 0.717) is 32.5 Å². The molecule has 0 aromatic heterocycles. The summed E-state index contributed by atoms with van der Waals surface area (Å²) in [5, 5.41) is 2.98. The average molecular weight is 348 g/mol. The first-order valence-electron chi connectivity index (χ1n) is 9.03. The molecular formula is C19H25FN2O3. The van der Waals surface area contributed by atoms with Crippen molar-refractivity contribution in [1.29, 1.82) is 0 Å². The summed E-state index contributed by atoms with van der Waals surface area (Å²) in [5.41, 5.74) is 0.808. The minimum atomic E-state index is -0.300. The zero-order valence-electron chi connectivity index (χ0n) is 14.4. The molecule has 2 amide bonds. The zero-order chi connectivity index (χ0) is 17.6. The van der Waals surface area contributed by atoms with Crippen LogP contribution in [0.15, 0.2) is 24.3 Å². The van der Waals surface area contributed by atoms with Gasteiger partial charge in [0.1, 0.15) is 5.82 Å². The number of amides is 2. The fourth-order valence-corrected chi connectivity index (χ4v) is 3.44. The Bertz CT molecular complexity index is 591. The minimum Gasteiger partial charge on any atom is -0.376 e. The molecule has 2 aliphatic heterocycles. The van der Waals surface area contributed by atoms with Crippen molar-refractivity contribution < 1.29 is 18.7 Å². The van der Waals surface area contributed by atoms with Gasteiger partial charge in [0, 0.05) is 32.2 Å². The third-order valence-electron chi connectivity index (χ3n) is 5.02. The highest BCUT2D eigenvalue weighted by molar-refractivity contribution is 5.81. The van der Waals surface area contributed by atoms with Crippen molar-refractivity contribution in [3.63, 3.8) is 0 Å². The van der Waals surface area contributed by atoms with E-state index in [4.69, 9.17) is 4.74 Å². The molecule has 0 bridgehead atoms. The maximum Gasteiger partial charge on any atom is 0.226 e. The lowest BCUT2D eigenvalue weighted by Gasteiger charge is -2.31. The summed E-state index contributed by atoms with van der Waals surface area (Å²) in [6.07, 6.45) is 3.88. The van der Waals surface area contributed by atoms with Gasteiger partial charge in [-0.3, -0.25) is 9.59 Å². The van der Waals surface area contributed by atoms with Gasteiger partial charge in [-0.2, -0.15) is 0 Å². The maximum absolute atomic E-state index is 12.9. The number of nitrogens with one attached hydrogen (secondary N) is 1. The molecule has 6 heteroatoms. The largest absolute Gasteiger partial charge is 0.376 e. The predicted molar refractivity (Wildman–Crippen MR) is 91.4 cm³/mol. The third-order valence-corrected chi connectivity index (χ3v) is 5.02. The van der Waals surface area contributed by atoms with Gasteiger partial charge in [0.15, 0.2) is 0 Å². The zero-order valence-corrected chi connectivity index (χ0v) is 14.4. The van der Waals surface area contributed by atoms with Crippen LogP contribution in [0, 0.1) is 11.7 Å². The molecule has 0 aliphatic carbocycles. The molecule has 2 heterocycles. The first-order chi connectivity index (χ1) is 12.1. The highest BCUT2D eigenvalue weighted by Gasteiger charge is 2.28. The summed E-state index contributed by atoms with van der Waals surface area (Å²) in [5.74, 6) is -0.228. The van der Waals surface area contributed by atoms with Crippen LogP contribution in [0.3, 0.4) is 0 Å². The molecular weight excluding hydrogens is 323 g/mol. The van der Waals surface area contributed by atoms with Crippen LogP contribution in [-0.4, -0.2) is 49.1 Å². The molecule has 1 atom stereocenters. The summed E-state index contributed by atoms with van der Waals surface area (Å²) in [6.45, 7) is 2.56. The van der Waals surface area contributed by atoms with Crippen LogP contribution in [0.1, 0.15) is 31.2 Å². The van der Waals surface area contributed by atoms with E-state index in [1.165, 1.54) is 12.1 Å². The second kappa shape index (κ2) is 8.43. The van der Waals surface area contributed by atoms with E-state index in [9.17, 15) is 14.0 Å². The van der Waals surface area contributed by atoms with Crippen LogP contribution in [-0.2, 0) is 20.7 Å². The molecule has 1 N–H and O–H groups in total. The Balaban J connectivity index is 1.40. The summed E-state index contributed by atoms with van der Waals surface area (Å²) >= 11 is 0. The van der Waals surface area contributed by atoms with Crippen LogP contribution in [0.5, 0.6) is 0 Å². The van der Waals surface area contributed by atoms with Crippen molar-refractivity contribution in [2.24, 2.45) is 5.92 Å². The molecule has 1 aromatic carbocycles. The number of hydrogen-bond acceptors (Lipinski definition) is 3. The summed E-state index contributed by atoms with van der Waals surface area (Å²) < 4.78 is 18.4. The second-order valence-electron chi connectivity index (χ2n) is 6.84. The van der Waals surface area contributed by atoms with Gasteiger partial charge >= 0.3 is 0 Å². The molecule has 1 aromatic rings. The molecule has 0 spiro atoms. The van der Waals surface area contributed by atoms with Crippen LogP contribution < -0.4 is 5.32 Å². The number of rotatable bonds is 5. The van der Waals surface area contributed by atoms with Crippen molar-refractivity contribution >= 4 is 11.8 Å². The lowest BCUT2D eigenvalue weighted by atomic mass is 9.95. The van der Waals surface area contributed by atoms with E-state index in [0.717, 1.165) is 25.0 Å². The van der Waals surface area contributed by atoms with Gasteiger partial charge in [-0.05, 0) is 43.4 Å². The quantitative estimate of drug-likeness (QED) is 0.884. The lowest BCUT2D eigenvalue weighted by Crippen LogP contribution is -2.44. The van der Waals surface area contributed by atoms with E-state index in [1.54, 1.807) is 17.0 Å². The number of nitrogens with zero attached hydrogens (tertiary/aromatic N) is 1. The van der Waals surface area contributed by atoms with Gasteiger partial charge in [-0.15, -0.1) is 0 Å². The van der Waals surface area contributed by atoms with E-state index >= 15 is 0 Å². The summed E-state index contributed by atoms with van der Waals surface area (Å²) in [6, 6.07) is 6.01. The van der Waals surface area contributed by atoms with Crippen molar-refractivity contribution in [3.8, 4) is 0 Å². The van der Waals surface area contributed by atoms with Crippen molar-refractivity contribution in [1.82, 2.24) is 10.2 Å². The molecule has 2 saturated heterocycles. The predicted octanol–water partition coefficient (Wildman–Crippen LogP) is 1.90.